The Labute approximate surface area is 166 Å². The van der Waals surface area contributed by atoms with E-state index in [9.17, 15) is 13.2 Å². The summed E-state index contributed by atoms with van der Waals surface area (Å²) in [5.41, 5.74) is 0.690. The molecule has 1 atom stereocenters. The highest BCUT2D eigenvalue weighted by Gasteiger charge is 2.23. The number of nitrogens with zero attached hydrogens (tertiary/aromatic N) is 2. The Bertz CT molecular complexity index is 1050. The molecule has 0 saturated carbocycles. The molecule has 0 saturated heterocycles. The molecular formula is C18H16ClN3O5S. The Balaban J connectivity index is 1.57. The number of hydrogen-bond acceptors (Lipinski definition) is 7. The standard InChI is InChI=1S/C18H16ClN3O5S/c1-12(22-28(24,25)15-5-3-2-4-6-15)18(23)26-11-16-20-17(21-27-16)13-7-9-14(19)10-8-13/h2-10,12,22H,11H2,1H3/t12-/m0/s1. The lowest BCUT2D eigenvalue weighted by molar-refractivity contribution is -0.147. The van der Waals surface area contributed by atoms with Crippen molar-refractivity contribution in [3.05, 3.63) is 65.5 Å². The summed E-state index contributed by atoms with van der Waals surface area (Å²) in [6, 6.07) is 13.5. The van der Waals surface area contributed by atoms with Crippen LogP contribution in [0.15, 0.2) is 64.0 Å². The number of sulfonamides is 1. The van der Waals surface area contributed by atoms with Crippen LogP contribution in [0.3, 0.4) is 0 Å². The van der Waals surface area contributed by atoms with Gasteiger partial charge in [-0.2, -0.15) is 9.71 Å². The molecule has 3 aromatic rings. The van der Waals surface area contributed by atoms with Gasteiger partial charge in [-0.1, -0.05) is 35.0 Å². The van der Waals surface area contributed by atoms with Crippen LogP contribution in [0.5, 0.6) is 0 Å². The Kier molecular flexibility index (Phi) is 6.08. The van der Waals surface area contributed by atoms with Crippen LogP contribution in [0.1, 0.15) is 12.8 Å². The van der Waals surface area contributed by atoms with Gasteiger partial charge in [0.15, 0.2) is 6.61 Å². The molecule has 10 heteroatoms. The molecule has 0 bridgehead atoms. The topological polar surface area (TPSA) is 111 Å². The van der Waals surface area contributed by atoms with Gasteiger partial charge in [-0.15, -0.1) is 0 Å². The quantitative estimate of drug-likeness (QED) is 0.584. The maximum atomic E-state index is 12.2. The van der Waals surface area contributed by atoms with E-state index in [1.807, 2.05) is 0 Å². The predicted molar refractivity (Wildman–Crippen MR) is 101 cm³/mol. The average molecular weight is 422 g/mol. The van der Waals surface area contributed by atoms with Gasteiger partial charge < -0.3 is 9.26 Å². The Morgan fingerprint density at radius 2 is 1.86 bits per heavy atom. The SMILES string of the molecule is C[C@H](NS(=O)(=O)c1ccccc1)C(=O)OCc1nc(-c2ccc(Cl)cc2)no1. The zero-order valence-corrected chi connectivity index (χ0v) is 16.3. The number of halogens is 1. The van der Waals surface area contributed by atoms with E-state index in [1.165, 1.54) is 19.1 Å². The lowest BCUT2D eigenvalue weighted by Crippen LogP contribution is -2.39. The number of benzene rings is 2. The van der Waals surface area contributed by atoms with Crippen molar-refractivity contribution in [3.63, 3.8) is 0 Å². The van der Waals surface area contributed by atoms with E-state index in [0.717, 1.165) is 0 Å². The molecule has 1 heterocycles. The van der Waals surface area contributed by atoms with Crippen molar-refractivity contribution < 1.29 is 22.5 Å². The molecule has 0 fully saturated rings. The smallest absolute Gasteiger partial charge is 0.324 e. The van der Waals surface area contributed by atoms with Crippen LogP contribution in [0.4, 0.5) is 0 Å². The maximum Gasteiger partial charge on any atom is 0.324 e. The first kappa shape index (κ1) is 20.0. The highest BCUT2D eigenvalue weighted by atomic mass is 35.5. The predicted octanol–water partition coefficient (Wildman–Crippen LogP) is 2.80. The fraction of sp³-hybridized carbons (Fsp3) is 0.167. The van der Waals surface area contributed by atoms with Gasteiger partial charge in [0.05, 0.1) is 4.90 Å². The van der Waals surface area contributed by atoms with Crippen LogP contribution >= 0.6 is 11.6 Å². The van der Waals surface area contributed by atoms with Crippen LogP contribution in [-0.2, 0) is 26.2 Å². The molecule has 28 heavy (non-hydrogen) atoms. The molecule has 0 aliphatic rings. The van der Waals surface area contributed by atoms with E-state index in [0.29, 0.717) is 16.4 Å². The Morgan fingerprint density at radius 3 is 2.54 bits per heavy atom. The molecule has 2 aromatic carbocycles. The van der Waals surface area contributed by atoms with E-state index < -0.39 is 22.0 Å². The molecule has 3 rings (SSSR count). The zero-order chi connectivity index (χ0) is 20.1. The van der Waals surface area contributed by atoms with Crippen molar-refractivity contribution in [1.82, 2.24) is 14.9 Å². The summed E-state index contributed by atoms with van der Waals surface area (Å²) in [7, 11) is -3.84. The van der Waals surface area contributed by atoms with Gasteiger partial charge in [-0.3, -0.25) is 4.79 Å². The highest BCUT2D eigenvalue weighted by molar-refractivity contribution is 7.89. The largest absolute Gasteiger partial charge is 0.454 e. The second-order valence-corrected chi connectivity index (χ2v) is 7.93. The Morgan fingerprint density at radius 1 is 1.18 bits per heavy atom. The highest BCUT2D eigenvalue weighted by Crippen LogP contribution is 2.19. The summed E-state index contributed by atoms with van der Waals surface area (Å²) in [4.78, 5) is 16.3. The number of carbonyl (C=O) groups is 1. The Hall–Kier alpha value is -2.75. The summed E-state index contributed by atoms with van der Waals surface area (Å²) < 4.78 is 36.8. The van der Waals surface area contributed by atoms with E-state index in [1.54, 1.807) is 42.5 Å². The van der Waals surface area contributed by atoms with Crippen molar-refractivity contribution in [3.8, 4) is 11.4 Å². The summed E-state index contributed by atoms with van der Waals surface area (Å²) in [6.07, 6.45) is 0. The van der Waals surface area contributed by atoms with E-state index in [2.05, 4.69) is 14.9 Å². The van der Waals surface area contributed by atoms with Crippen LogP contribution in [0.25, 0.3) is 11.4 Å². The molecule has 1 N–H and O–H groups in total. The third-order valence-electron chi connectivity index (χ3n) is 3.65. The first-order chi connectivity index (χ1) is 13.3. The number of hydrogen-bond donors (Lipinski definition) is 1. The van der Waals surface area contributed by atoms with Crippen molar-refractivity contribution in [1.29, 1.82) is 0 Å². The van der Waals surface area contributed by atoms with Crippen LogP contribution in [0, 0.1) is 0 Å². The number of carbonyl (C=O) groups excluding carboxylic acids is 1. The molecule has 0 spiro atoms. The minimum atomic E-state index is -3.84. The van der Waals surface area contributed by atoms with E-state index in [-0.39, 0.29) is 17.4 Å². The van der Waals surface area contributed by atoms with Crippen molar-refractivity contribution >= 4 is 27.6 Å². The number of nitrogens with one attached hydrogen (secondary N) is 1. The second-order valence-electron chi connectivity index (χ2n) is 5.78. The monoisotopic (exact) mass is 421 g/mol. The van der Waals surface area contributed by atoms with Gasteiger partial charge in [0, 0.05) is 10.6 Å². The van der Waals surface area contributed by atoms with Crippen molar-refractivity contribution in [2.45, 2.75) is 24.5 Å². The maximum absolute atomic E-state index is 12.2. The normalized spacial score (nSPS) is 12.5. The molecule has 0 aliphatic carbocycles. The fourth-order valence-corrected chi connectivity index (χ4v) is 3.58. The van der Waals surface area contributed by atoms with Crippen molar-refractivity contribution in [2.24, 2.45) is 0 Å². The van der Waals surface area contributed by atoms with Gasteiger partial charge in [-0.25, -0.2) is 8.42 Å². The molecule has 1 aromatic heterocycles. The summed E-state index contributed by atoms with van der Waals surface area (Å²) in [6.45, 7) is 1.10. The minimum Gasteiger partial charge on any atom is -0.454 e. The number of rotatable bonds is 7. The number of esters is 1. The molecule has 146 valence electrons. The molecule has 0 radical (unpaired) electrons. The summed E-state index contributed by atoms with van der Waals surface area (Å²) in [5.74, 6) is -0.372. The lowest BCUT2D eigenvalue weighted by atomic mass is 10.2. The minimum absolute atomic E-state index is 0.0548. The number of ether oxygens (including phenoxy) is 1. The van der Waals surface area contributed by atoms with Crippen molar-refractivity contribution in [2.75, 3.05) is 0 Å². The molecular weight excluding hydrogens is 406 g/mol. The molecule has 0 amide bonds. The van der Waals surface area contributed by atoms with E-state index >= 15 is 0 Å². The van der Waals surface area contributed by atoms with Gasteiger partial charge in [0.2, 0.25) is 15.8 Å². The third-order valence-corrected chi connectivity index (χ3v) is 5.46. The van der Waals surface area contributed by atoms with E-state index in [4.69, 9.17) is 20.9 Å². The summed E-state index contributed by atoms with van der Waals surface area (Å²) >= 11 is 5.83. The fourth-order valence-electron chi connectivity index (χ4n) is 2.24. The van der Waals surface area contributed by atoms with Gasteiger partial charge in [0.25, 0.3) is 5.89 Å². The number of aromatic nitrogens is 2. The molecule has 8 nitrogen and oxygen atoms in total. The van der Waals surface area contributed by atoms with Gasteiger partial charge in [-0.05, 0) is 43.3 Å². The zero-order valence-electron chi connectivity index (χ0n) is 14.7. The van der Waals surface area contributed by atoms with Crippen LogP contribution in [0.2, 0.25) is 5.02 Å². The third kappa shape index (κ3) is 4.94. The second kappa shape index (κ2) is 8.51. The van der Waals surface area contributed by atoms with Gasteiger partial charge in [0.1, 0.15) is 6.04 Å². The first-order valence-corrected chi connectivity index (χ1v) is 10.0. The molecule has 0 unspecified atom stereocenters. The van der Waals surface area contributed by atoms with Crippen LogP contribution < -0.4 is 4.72 Å². The average Bonchev–Trinajstić information content (AvgIpc) is 3.16. The lowest BCUT2D eigenvalue weighted by Gasteiger charge is -2.13. The molecule has 0 aliphatic heterocycles. The first-order valence-electron chi connectivity index (χ1n) is 8.18. The van der Waals surface area contributed by atoms with Crippen LogP contribution in [-0.4, -0.2) is 30.6 Å². The van der Waals surface area contributed by atoms with Gasteiger partial charge >= 0.3 is 5.97 Å². The summed E-state index contributed by atoms with van der Waals surface area (Å²) in [5, 5.41) is 4.38.